The molecule has 7 atom stereocenters. The van der Waals surface area contributed by atoms with E-state index < -0.39 is 23.4 Å². The summed E-state index contributed by atoms with van der Waals surface area (Å²) in [7, 11) is 0. The van der Waals surface area contributed by atoms with Gasteiger partial charge in [0.2, 0.25) is 0 Å². The monoisotopic (exact) mass is 278 g/mol. The molecule has 4 rings (SSSR count). The first-order valence-electron chi connectivity index (χ1n) is 7.13. The standard InChI is InChI=1S/C15H18O5/c1-6-4-9(17)15-11(6)12-10(7(2)13(18)19-12)8(16)5-14(15,3)20-15/h4,7-8,10-12,16H,5H2,1-3H3/t7-,8+,10-,11-,12+,14+,15-/m1/s1. The van der Waals surface area contributed by atoms with E-state index in [9.17, 15) is 14.7 Å². The van der Waals surface area contributed by atoms with Crippen LogP contribution in [-0.2, 0) is 19.1 Å². The molecular weight excluding hydrogens is 260 g/mol. The molecule has 108 valence electrons. The van der Waals surface area contributed by atoms with Crippen LogP contribution in [0.1, 0.15) is 27.2 Å². The maximum atomic E-state index is 12.4. The van der Waals surface area contributed by atoms with E-state index in [1.807, 2.05) is 13.8 Å². The molecule has 5 nitrogen and oxygen atoms in total. The number of ether oxygens (including phenoxy) is 2. The Morgan fingerprint density at radius 1 is 1.40 bits per heavy atom. The van der Waals surface area contributed by atoms with E-state index in [1.54, 1.807) is 13.0 Å². The lowest BCUT2D eigenvalue weighted by Crippen LogP contribution is -2.42. The van der Waals surface area contributed by atoms with Crippen LogP contribution in [0.3, 0.4) is 0 Å². The van der Waals surface area contributed by atoms with E-state index in [1.165, 1.54) is 0 Å². The van der Waals surface area contributed by atoms with Gasteiger partial charge in [0.25, 0.3) is 0 Å². The molecule has 0 bridgehead atoms. The van der Waals surface area contributed by atoms with Crippen molar-refractivity contribution in [2.45, 2.75) is 50.6 Å². The number of hydrogen-bond donors (Lipinski definition) is 1. The molecule has 1 N–H and O–H groups in total. The molecule has 0 aromatic rings. The SMILES string of the molecule is CC1=CC(=O)[C@]23O[C@@]2(C)C[C@H](O)[C@@H]2[C@H](OC(=O)[C@@H]2C)[C@@H]13. The lowest BCUT2D eigenvalue weighted by atomic mass is 9.77. The predicted octanol–water partition coefficient (Wildman–Crippen LogP) is 0.602. The average molecular weight is 278 g/mol. The first kappa shape index (κ1) is 12.5. The molecule has 0 aromatic carbocycles. The molecule has 3 fully saturated rings. The van der Waals surface area contributed by atoms with Gasteiger partial charge in [0, 0.05) is 12.3 Å². The Labute approximate surface area is 116 Å². The van der Waals surface area contributed by atoms with Crippen LogP contribution in [-0.4, -0.2) is 40.3 Å². The quantitative estimate of drug-likeness (QED) is 0.519. The van der Waals surface area contributed by atoms with Crippen molar-refractivity contribution in [1.29, 1.82) is 0 Å². The molecule has 1 saturated carbocycles. The van der Waals surface area contributed by atoms with Crippen molar-refractivity contribution in [2.24, 2.45) is 17.8 Å². The average Bonchev–Trinajstić information content (AvgIpc) is 2.73. The molecule has 0 aromatic heterocycles. The zero-order valence-electron chi connectivity index (χ0n) is 11.8. The normalized spacial score (nSPS) is 56.4. The summed E-state index contributed by atoms with van der Waals surface area (Å²) in [6.45, 7) is 5.55. The molecule has 4 aliphatic rings. The van der Waals surface area contributed by atoms with Gasteiger partial charge in [-0.05, 0) is 19.9 Å². The van der Waals surface area contributed by atoms with Crippen molar-refractivity contribution < 1.29 is 24.2 Å². The lowest BCUT2D eigenvalue weighted by molar-refractivity contribution is -0.146. The predicted molar refractivity (Wildman–Crippen MR) is 67.6 cm³/mol. The maximum Gasteiger partial charge on any atom is 0.309 e. The van der Waals surface area contributed by atoms with Crippen LogP contribution in [0.25, 0.3) is 0 Å². The van der Waals surface area contributed by atoms with Crippen molar-refractivity contribution in [1.82, 2.24) is 0 Å². The summed E-state index contributed by atoms with van der Waals surface area (Å²) in [4.78, 5) is 24.3. The fraction of sp³-hybridized carbons (Fsp3) is 0.733. The molecule has 0 unspecified atom stereocenters. The van der Waals surface area contributed by atoms with Crippen LogP contribution in [0.15, 0.2) is 11.6 Å². The molecule has 5 heteroatoms. The number of aliphatic hydroxyl groups is 1. The Hall–Kier alpha value is -1.20. The molecule has 0 amide bonds. The summed E-state index contributed by atoms with van der Waals surface area (Å²) in [6.07, 6.45) is 0.844. The number of carbonyl (C=O) groups is 2. The minimum Gasteiger partial charge on any atom is -0.461 e. The van der Waals surface area contributed by atoms with E-state index in [2.05, 4.69) is 0 Å². The Kier molecular flexibility index (Phi) is 2.09. The number of esters is 1. The number of aliphatic hydroxyl groups excluding tert-OH is 1. The Bertz CT molecular complexity index is 567. The van der Waals surface area contributed by atoms with E-state index in [-0.39, 0.29) is 29.5 Å². The molecule has 0 radical (unpaired) electrons. The second kappa shape index (κ2) is 3.34. The first-order valence-corrected chi connectivity index (χ1v) is 7.13. The van der Waals surface area contributed by atoms with Gasteiger partial charge in [-0.25, -0.2) is 0 Å². The molecule has 2 aliphatic heterocycles. The number of epoxide rings is 1. The van der Waals surface area contributed by atoms with Gasteiger partial charge < -0.3 is 14.6 Å². The Morgan fingerprint density at radius 3 is 2.80 bits per heavy atom. The molecule has 1 spiro atoms. The van der Waals surface area contributed by atoms with Crippen LogP contribution in [0, 0.1) is 17.8 Å². The number of fused-ring (bicyclic) bond motifs is 2. The summed E-state index contributed by atoms with van der Waals surface area (Å²) < 4.78 is 11.4. The molecular formula is C15H18O5. The molecule has 2 heterocycles. The van der Waals surface area contributed by atoms with Gasteiger partial charge in [-0.3, -0.25) is 9.59 Å². The fourth-order valence-electron chi connectivity index (χ4n) is 4.73. The smallest absolute Gasteiger partial charge is 0.309 e. The van der Waals surface area contributed by atoms with E-state index in [0.29, 0.717) is 6.42 Å². The maximum absolute atomic E-state index is 12.4. The Morgan fingerprint density at radius 2 is 2.10 bits per heavy atom. The highest BCUT2D eigenvalue weighted by atomic mass is 16.6. The van der Waals surface area contributed by atoms with Crippen molar-refractivity contribution in [3.05, 3.63) is 11.6 Å². The summed E-state index contributed by atoms with van der Waals surface area (Å²) in [5.74, 6) is -1.18. The topological polar surface area (TPSA) is 76.1 Å². The summed E-state index contributed by atoms with van der Waals surface area (Å²) in [5, 5.41) is 10.5. The van der Waals surface area contributed by atoms with Crippen LogP contribution in [0.2, 0.25) is 0 Å². The third-order valence-electron chi connectivity index (χ3n) is 5.74. The highest BCUT2D eigenvalue weighted by molar-refractivity contribution is 6.05. The number of carbonyl (C=O) groups excluding carboxylic acids is 2. The van der Waals surface area contributed by atoms with Gasteiger partial charge in [0.15, 0.2) is 11.4 Å². The van der Waals surface area contributed by atoms with Crippen LogP contribution in [0.4, 0.5) is 0 Å². The van der Waals surface area contributed by atoms with Gasteiger partial charge in [-0.2, -0.15) is 0 Å². The largest absolute Gasteiger partial charge is 0.461 e. The van der Waals surface area contributed by atoms with Crippen LogP contribution < -0.4 is 0 Å². The zero-order chi connectivity index (χ0) is 14.4. The van der Waals surface area contributed by atoms with Crippen molar-refractivity contribution in [3.8, 4) is 0 Å². The number of hydrogen-bond acceptors (Lipinski definition) is 5. The molecule has 2 saturated heterocycles. The van der Waals surface area contributed by atoms with Crippen LogP contribution >= 0.6 is 0 Å². The highest BCUT2D eigenvalue weighted by Gasteiger charge is 2.81. The summed E-state index contributed by atoms with van der Waals surface area (Å²) >= 11 is 0. The lowest BCUT2D eigenvalue weighted by Gasteiger charge is -2.28. The number of rotatable bonds is 0. The molecule has 2 aliphatic carbocycles. The van der Waals surface area contributed by atoms with E-state index in [4.69, 9.17) is 9.47 Å². The second-order valence-corrected chi connectivity index (χ2v) is 6.84. The third kappa shape index (κ3) is 1.13. The zero-order valence-corrected chi connectivity index (χ0v) is 11.8. The van der Waals surface area contributed by atoms with Gasteiger partial charge in [-0.1, -0.05) is 12.5 Å². The fourth-order valence-corrected chi connectivity index (χ4v) is 4.73. The summed E-state index contributed by atoms with van der Waals surface area (Å²) in [6, 6.07) is 0. The Balaban J connectivity index is 1.86. The van der Waals surface area contributed by atoms with Gasteiger partial charge in [0.05, 0.1) is 17.9 Å². The van der Waals surface area contributed by atoms with Crippen molar-refractivity contribution in [3.63, 3.8) is 0 Å². The first-order chi connectivity index (χ1) is 9.32. The van der Waals surface area contributed by atoms with Gasteiger partial charge in [0.1, 0.15) is 11.7 Å². The summed E-state index contributed by atoms with van der Waals surface area (Å²) in [5.41, 5.74) is -0.662. The minimum absolute atomic E-state index is 0.0500. The second-order valence-electron chi connectivity index (χ2n) is 6.84. The highest BCUT2D eigenvalue weighted by Crippen LogP contribution is 2.65. The number of ketones is 1. The van der Waals surface area contributed by atoms with Crippen LogP contribution in [0.5, 0.6) is 0 Å². The van der Waals surface area contributed by atoms with E-state index in [0.717, 1.165) is 5.57 Å². The van der Waals surface area contributed by atoms with Gasteiger partial charge in [-0.15, -0.1) is 0 Å². The van der Waals surface area contributed by atoms with Crippen molar-refractivity contribution in [2.75, 3.05) is 0 Å². The minimum atomic E-state index is -0.915. The van der Waals surface area contributed by atoms with Crippen molar-refractivity contribution >= 4 is 11.8 Å². The third-order valence-corrected chi connectivity index (χ3v) is 5.74. The van der Waals surface area contributed by atoms with Gasteiger partial charge >= 0.3 is 5.97 Å². The van der Waals surface area contributed by atoms with E-state index >= 15 is 0 Å². The molecule has 20 heavy (non-hydrogen) atoms.